The second-order valence-corrected chi connectivity index (χ2v) is 5.43. The van der Waals surface area contributed by atoms with Gasteiger partial charge in [0.1, 0.15) is 11.8 Å². The Morgan fingerprint density at radius 1 is 1.42 bits per heavy atom. The first-order chi connectivity index (χ1) is 9.11. The molecule has 0 bridgehead atoms. The highest BCUT2D eigenvalue weighted by molar-refractivity contribution is 9.10. The molecular weight excluding hydrogens is 302 g/mol. The average molecular weight is 318 g/mol. The molecule has 4 heteroatoms. The summed E-state index contributed by atoms with van der Waals surface area (Å²) >= 11 is 3.56. The quantitative estimate of drug-likeness (QED) is 0.937. The van der Waals surface area contributed by atoms with Gasteiger partial charge in [-0.2, -0.15) is 5.26 Å². The summed E-state index contributed by atoms with van der Waals surface area (Å²) in [5.41, 5.74) is 3.04. The van der Waals surface area contributed by atoms with E-state index in [-0.39, 0.29) is 6.04 Å². The van der Waals surface area contributed by atoms with Crippen molar-refractivity contribution in [2.24, 2.45) is 7.05 Å². The minimum atomic E-state index is 0.251. The Kier molecular flexibility index (Phi) is 4.41. The molecule has 1 heterocycles. The lowest BCUT2D eigenvalue weighted by Gasteiger charge is -2.15. The first kappa shape index (κ1) is 13.9. The molecule has 1 atom stereocenters. The van der Waals surface area contributed by atoms with E-state index >= 15 is 0 Å². The summed E-state index contributed by atoms with van der Waals surface area (Å²) in [6, 6.07) is 12.5. The van der Waals surface area contributed by atoms with Gasteiger partial charge >= 0.3 is 0 Å². The molecule has 0 aliphatic rings. The fourth-order valence-corrected chi connectivity index (χ4v) is 2.68. The molecule has 0 saturated carbocycles. The zero-order chi connectivity index (χ0) is 13.8. The van der Waals surface area contributed by atoms with Gasteiger partial charge in [-0.15, -0.1) is 0 Å². The minimum Gasteiger partial charge on any atom is -0.342 e. The third-order valence-corrected chi connectivity index (χ3v) is 3.88. The molecule has 0 spiro atoms. The monoisotopic (exact) mass is 317 g/mol. The van der Waals surface area contributed by atoms with Gasteiger partial charge in [-0.1, -0.05) is 34.1 Å². The standard InChI is InChI=1S/C15H16BrN3/c1-11(14-5-3-4-6-15(14)16)18-9-12-7-13(8-17)19(2)10-12/h3-7,10-11,18H,9H2,1-2H3/t11-/m1/s1. The SMILES string of the molecule is C[C@@H](NCc1cc(C#N)n(C)c1)c1ccccc1Br. The Hall–Kier alpha value is -1.57. The molecule has 0 amide bonds. The van der Waals surface area contributed by atoms with Crippen LogP contribution in [0.3, 0.4) is 0 Å². The van der Waals surface area contributed by atoms with Gasteiger partial charge in [0, 0.05) is 30.3 Å². The van der Waals surface area contributed by atoms with E-state index in [9.17, 15) is 0 Å². The third kappa shape index (κ3) is 3.25. The molecule has 1 aromatic carbocycles. The van der Waals surface area contributed by atoms with E-state index in [2.05, 4.69) is 40.3 Å². The van der Waals surface area contributed by atoms with Crippen LogP contribution in [0.15, 0.2) is 41.0 Å². The van der Waals surface area contributed by atoms with Crippen molar-refractivity contribution in [3.63, 3.8) is 0 Å². The van der Waals surface area contributed by atoms with Crippen molar-refractivity contribution in [1.29, 1.82) is 5.26 Å². The van der Waals surface area contributed by atoms with Crippen LogP contribution < -0.4 is 5.32 Å². The fourth-order valence-electron chi connectivity index (χ4n) is 2.05. The largest absolute Gasteiger partial charge is 0.342 e. The maximum absolute atomic E-state index is 8.93. The first-order valence-corrected chi connectivity index (χ1v) is 6.94. The van der Waals surface area contributed by atoms with Crippen LogP contribution in [-0.2, 0) is 13.6 Å². The molecule has 1 aromatic heterocycles. The van der Waals surface area contributed by atoms with E-state index in [1.165, 1.54) is 5.56 Å². The van der Waals surface area contributed by atoms with Crippen LogP contribution in [0.2, 0.25) is 0 Å². The zero-order valence-electron chi connectivity index (χ0n) is 11.0. The van der Waals surface area contributed by atoms with Gasteiger partial charge in [-0.05, 0) is 30.2 Å². The van der Waals surface area contributed by atoms with Crippen LogP contribution in [0.5, 0.6) is 0 Å². The number of nitrogens with zero attached hydrogens (tertiary/aromatic N) is 2. The van der Waals surface area contributed by atoms with Crippen molar-refractivity contribution >= 4 is 15.9 Å². The molecule has 0 radical (unpaired) electrons. The Labute approximate surface area is 122 Å². The molecule has 19 heavy (non-hydrogen) atoms. The summed E-state index contributed by atoms with van der Waals surface area (Å²) in [4.78, 5) is 0. The number of aryl methyl sites for hydroxylation is 1. The number of hydrogen-bond donors (Lipinski definition) is 1. The highest BCUT2D eigenvalue weighted by Gasteiger charge is 2.09. The predicted octanol–water partition coefficient (Wildman–Crippen LogP) is 3.51. The molecular formula is C15H16BrN3. The maximum atomic E-state index is 8.93. The minimum absolute atomic E-state index is 0.251. The van der Waals surface area contributed by atoms with Crippen LogP contribution in [0.1, 0.15) is 29.8 Å². The number of halogens is 1. The van der Waals surface area contributed by atoms with Gasteiger partial charge in [0.05, 0.1) is 0 Å². The fraction of sp³-hybridized carbons (Fsp3) is 0.267. The molecule has 98 valence electrons. The number of benzene rings is 1. The highest BCUT2D eigenvalue weighted by atomic mass is 79.9. The van der Waals surface area contributed by atoms with E-state index in [0.717, 1.165) is 16.6 Å². The smallest absolute Gasteiger partial charge is 0.120 e. The van der Waals surface area contributed by atoms with E-state index in [1.54, 1.807) is 0 Å². The molecule has 0 aliphatic heterocycles. The van der Waals surface area contributed by atoms with Crippen molar-refractivity contribution in [2.45, 2.75) is 19.5 Å². The lowest BCUT2D eigenvalue weighted by Crippen LogP contribution is -2.18. The Bertz CT molecular complexity index is 610. The molecule has 0 unspecified atom stereocenters. The summed E-state index contributed by atoms with van der Waals surface area (Å²) in [5.74, 6) is 0. The van der Waals surface area contributed by atoms with E-state index in [4.69, 9.17) is 5.26 Å². The first-order valence-electron chi connectivity index (χ1n) is 6.15. The zero-order valence-corrected chi connectivity index (χ0v) is 12.6. The van der Waals surface area contributed by atoms with Gasteiger partial charge in [-0.25, -0.2) is 0 Å². The van der Waals surface area contributed by atoms with Gasteiger partial charge in [0.15, 0.2) is 0 Å². The summed E-state index contributed by atoms with van der Waals surface area (Å²) < 4.78 is 2.96. The van der Waals surface area contributed by atoms with Crippen molar-refractivity contribution in [1.82, 2.24) is 9.88 Å². The average Bonchev–Trinajstić information content (AvgIpc) is 2.77. The van der Waals surface area contributed by atoms with Crippen molar-refractivity contribution in [3.05, 3.63) is 57.8 Å². The van der Waals surface area contributed by atoms with Crippen molar-refractivity contribution in [3.8, 4) is 6.07 Å². The van der Waals surface area contributed by atoms with Crippen molar-refractivity contribution < 1.29 is 0 Å². The summed E-state index contributed by atoms with van der Waals surface area (Å²) in [5, 5.41) is 12.4. The van der Waals surface area contributed by atoms with Crippen LogP contribution in [0, 0.1) is 11.3 Å². The number of aromatic nitrogens is 1. The number of nitriles is 1. The second-order valence-electron chi connectivity index (χ2n) is 4.58. The van der Waals surface area contributed by atoms with Gasteiger partial charge in [0.2, 0.25) is 0 Å². The third-order valence-electron chi connectivity index (χ3n) is 3.16. The van der Waals surface area contributed by atoms with Gasteiger partial charge < -0.3 is 9.88 Å². The maximum Gasteiger partial charge on any atom is 0.120 e. The second kappa shape index (κ2) is 6.05. The van der Waals surface area contributed by atoms with Crippen LogP contribution in [0.25, 0.3) is 0 Å². The summed E-state index contributed by atoms with van der Waals surface area (Å²) in [7, 11) is 1.89. The molecule has 1 N–H and O–H groups in total. The summed E-state index contributed by atoms with van der Waals surface area (Å²) in [6.45, 7) is 2.88. The van der Waals surface area contributed by atoms with Crippen LogP contribution in [0.4, 0.5) is 0 Å². The predicted molar refractivity (Wildman–Crippen MR) is 79.5 cm³/mol. The highest BCUT2D eigenvalue weighted by Crippen LogP contribution is 2.23. The van der Waals surface area contributed by atoms with Crippen molar-refractivity contribution in [2.75, 3.05) is 0 Å². The van der Waals surface area contributed by atoms with E-state index in [1.807, 2.05) is 42.1 Å². The molecule has 0 fully saturated rings. The van der Waals surface area contributed by atoms with Crippen LogP contribution >= 0.6 is 15.9 Å². The molecule has 0 aliphatic carbocycles. The number of nitrogens with one attached hydrogen (secondary N) is 1. The molecule has 0 saturated heterocycles. The van der Waals surface area contributed by atoms with Gasteiger partial charge in [-0.3, -0.25) is 0 Å². The van der Waals surface area contributed by atoms with Gasteiger partial charge in [0.25, 0.3) is 0 Å². The normalized spacial score (nSPS) is 12.1. The molecule has 2 rings (SSSR count). The van der Waals surface area contributed by atoms with Crippen LogP contribution in [-0.4, -0.2) is 4.57 Å². The number of hydrogen-bond acceptors (Lipinski definition) is 2. The van der Waals surface area contributed by atoms with E-state index in [0.29, 0.717) is 5.69 Å². The van der Waals surface area contributed by atoms with E-state index < -0.39 is 0 Å². The topological polar surface area (TPSA) is 40.8 Å². The Morgan fingerprint density at radius 2 is 2.16 bits per heavy atom. The summed E-state index contributed by atoms with van der Waals surface area (Å²) in [6.07, 6.45) is 1.98. The molecule has 3 nitrogen and oxygen atoms in total. The Morgan fingerprint density at radius 3 is 2.79 bits per heavy atom. The molecule has 2 aromatic rings. The Balaban J connectivity index is 2.03. The lowest BCUT2D eigenvalue weighted by atomic mass is 10.1. The lowest BCUT2D eigenvalue weighted by molar-refractivity contribution is 0.572. The number of rotatable bonds is 4.